The highest BCUT2D eigenvalue weighted by Gasteiger charge is 2.54. The quantitative estimate of drug-likeness (QED) is 0.922. The molecule has 5 heteroatoms. The van der Waals surface area contributed by atoms with E-state index in [-0.39, 0.29) is 6.04 Å². The van der Waals surface area contributed by atoms with Crippen LogP contribution in [-0.4, -0.2) is 34.7 Å². The van der Waals surface area contributed by atoms with Crippen molar-refractivity contribution in [3.05, 3.63) is 11.7 Å². The van der Waals surface area contributed by atoms with Crippen molar-refractivity contribution in [2.45, 2.75) is 56.9 Å². The van der Waals surface area contributed by atoms with Crippen LogP contribution < -0.4 is 5.73 Å². The highest BCUT2D eigenvalue weighted by Crippen LogP contribution is 2.60. The van der Waals surface area contributed by atoms with Gasteiger partial charge in [0.25, 0.3) is 0 Å². The zero-order valence-corrected chi connectivity index (χ0v) is 12.7. The molecule has 4 rings (SSSR count). The first-order valence-electron chi connectivity index (χ1n) is 8.64. The number of hydrogen-bond donors (Lipinski definition) is 1. The maximum atomic E-state index is 6.28. The van der Waals surface area contributed by atoms with Crippen molar-refractivity contribution < 1.29 is 4.52 Å². The monoisotopic (exact) mass is 290 g/mol. The van der Waals surface area contributed by atoms with Crippen LogP contribution >= 0.6 is 0 Å². The molecule has 3 atom stereocenters. The van der Waals surface area contributed by atoms with Crippen LogP contribution in [0.2, 0.25) is 0 Å². The Morgan fingerprint density at radius 2 is 1.81 bits per heavy atom. The van der Waals surface area contributed by atoms with E-state index in [0.717, 1.165) is 37.4 Å². The Labute approximate surface area is 126 Å². The Morgan fingerprint density at radius 3 is 2.52 bits per heavy atom. The molecule has 0 amide bonds. The van der Waals surface area contributed by atoms with Crippen LogP contribution in [0.15, 0.2) is 4.52 Å². The largest absolute Gasteiger partial charge is 0.339 e. The van der Waals surface area contributed by atoms with Gasteiger partial charge in [-0.05, 0) is 50.6 Å². The summed E-state index contributed by atoms with van der Waals surface area (Å²) in [4.78, 5) is 7.06. The summed E-state index contributed by atoms with van der Waals surface area (Å²) in [5, 5.41) is 4.16. The summed E-state index contributed by atoms with van der Waals surface area (Å²) in [5.41, 5.74) is 6.28. The molecule has 3 fully saturated rings. The molecule has 0 radical (unpaired) electrons. The lowest BCUT2D eigenvalue weighted by molar-refractivity contribution is 0.213. The Balaban J connectivity index is 1.37. The number of rotatable bonds is 4. The number of fused-ring (bicyclic) bond motifs is 1. The second kappa shape index (κ2) is 5.69. The lowest BCUT2D eigenvalue weighted by Gasteiger charge is -2.27. The summed E-state index contributed by atoms with van der Waals surface area (Å²) >= 11 is 0. The van der Waals surface area contributed by atoms with Crippen LogP contribution in [0, 0.1) is 11.8 Å². The van der Waals surface area contributed by atoms with Crippen molar-refractivity contribution >= 4 is 0 Å². The zero-order chi connectivity index (χ0) is 14.2. The first-order chi connectivity index (χ1) is 10.3. The summed E-state index contributed by atoms with van der Waals surface area (Å²) in [6, 6.07) is -0.110. The van der Waals surface area contributed by atoms with E-state index in [0.29, 0.717) is 11.7 Å². The van der Waals surface area contributed by atoms with E-state index < -0.39 is 0 Å². The molecule has 2 heterocycles. The van der Waals surface area contributed by atoms with Gasteiger partial charge in [-0.2, -0.15) is 4.98 Å². The van der Waals surface area contributed by atoms with Gasteiger partial charge in [0.2, 0.25) is 5.89 Å². The molecule has 5 nitrogen and oxygen atoms in total. The van der Waals surface area contributed by atoms with Crippen LogP contribution in [0.25, 0.3) is 0 Å². The van der Waals surface area contributed by atoms with Gasteiger partial charge in [0.05, 0.1) is 6.04 Å². The number of nitrogens with zero attached hydrogens (tertiary/aromatic N) is 3. The number of likely N-dealkylation sites (tertiary alicyclic amines) is 1. The van der Waals surface area contributed by atoms with Gasteiger partial charge in [-0.25, -0.2) is 0 Å². The lowest BCUT2D eigenvalue weighted by Crippen LogP contribution is -2.36. The van der Waals surface area contributed by atoms with Crippen molar-refractivity contribution in [1.82, 2.24) is 15.0 Å². The van der Waals surface area contributed by atoms with Gasteiger partial charge in [-0.15, -0.1) is 0 Å². The van der Waals surface area contributed by atoms with Gasteiger partial charge >= 0.3 is 0 Å². The molecule has 1 aromatic rings. The molecule has 21 heavy (non-hydrogen) atoms. The fourth-order valence-electron chi connectivity index (χ4n) is 4.39. The highest BCUT2D eigenvalue weighted by atomic mass is 16.5. The fourth-order valence-corrected chi connectivity index (χ4v) is 4.39. The molecule has 2 saturated carbocycles. The molecule has 3 aliphatic rings. The number of hydrogen-bond acceptors (Lipinski definition) is 5. The van der Waals surface area contributed by atoms with E-state index in [1.165, 1.54) is 44.9 Å². The van der Waals surface area contributed by atoms with Gasteiger partial charge in [0.15, 0.2) is 5.82 Å². The van der Waals surface area contributed by atoms with Gasteiger partial charge in [-0.1, -0.05) is 24.4 Å². The van der Waals surface area contributed by atoms with Crippen LogP contribution in [0.3, 0.4) is 0 Å². The molecule has 0 aromatic carbocycles. The van der Waals surface area contributed by atoms with Crippen LogP contribution in [0.1, 0.15) is 68.6 Å². The normalized spacial score (nSPS) is 34.4. The first kappa shape index (κ1) is 13.7. The lowest BCUT2D eigenvalue weighted by atomic mass is 10.0. The third kappa shape index (κ3) is 2.73. The molecule has 1 aromatic heterocycles. The minimum Gasteiger partial charge on any atom is -0.339 e. The zero-order valence-electron chi connectivity index (χ0n) is 12.7. The van der Waals surface area contributed by atoms with Crippen LogP contribution in [-0.2, 0) is 0 Å². The van der Waals surface area contributed by atoms with E-state index in [2.05, 4.69) is 15.0 Å². The van der Waals surface area contributed by atoms with E-state index in [4.69, 9.17) is 10.3 Å². The molecule has 2 N–H and O–H groups in total. The van der Waals surface area contributed by atoms with E-state index in [1.807, 2.05) is 0 Å². The molecule has 2 aliphatic carbocycles. The molecular formula is C16H26N4O. The molecule has 1 saturated heterocycles. The Kier molecular flexibility index (Phi) is 3.71. The maximum absolute atomic E-state index is 6.28. The molecular weight excluding hydrogens is 264 g/mol. The Bertz CT molecular complexity index is 470. The minimum atomic E-state index is -0.110. The van der Waals surface area contributed by atoms with Gasteiger partial charge in [0, 0.05) is 12.5 Å². The summed E-state index contributed by atoms with van der Waals surface area (Å²) in [5.74, 6) is 3.72. The van der Waals surface area contributed by atoms with Gasteiger partial charge in [0.1, 0.15) is 0 Å². The topological polar surface area (TPSA) is 68.2 Å². The highest BCUT2D eigenvalue weighted by molar-refractivity contribution is 5.15. The third-order valence-electron chi connectivity index (χ3n) is 5.63. The number of aromatic nitrogens is 2. The summed E-state index contributed by atoms with van der Waals surface area (Å²) in [7, 11) is 0. The number of piperidine rings is 1. The predicted octanol–water partition coefficient (Wildman–Crippen LogP) is 2.46. The second-order valence-electron chi connectivity index (χ2n) is 7.10. The van der Waals surface area contributed by atoms with Crippen molar-refractivity contribution in [3.63, 3.8) is 0 Å². The third-order valence-corrected chi connectivity index (χ3v) is 5.63. The average molecular weight is 290 g/mol. The first-order valence-corrected chi connectivity index (χ1v) is 8.64. The smallest absolute Gasteiger partial charge is 0.230 e. The maximum Gasteiger partial charge on any atom is 0.230 e. The molecule has 0 bridgehead atoms. The van der Waals surface area contributed by atoms with E-state index in [1.54, 1.807) is 0 Å². The predicted molar refractivity (Wildman–Crippen MR) is 79.7 cm³/mol. The van der Waals surface area contributed by atoms with Gasteiger partial charge in [-0.3, -0.25) is 0 Å². The summed E-state index contributed by atoms with van der Waals surface area (Å²) in [6.07, 6.45) is 9.34. The molecule has 0 spiro atoms. The summed E-state index contributed by atoms with van der Waals surface area (Å²) in [6.45, 7) is 3.17. The Hall–Kier alpha value is -0.940. The SMILES string of the molecule is NC(CN1CCCCC1)c1noc(C2C3CCCCC32)n1. The van der Waals surface area contributed by atoms with Crippen molar-refractivity contribution in [1.29, 1.82) is 0 Å². The molecule has 1 aliphatic heterocycles. The van der Waals surface area contributed by atoms with Gasteiger partial charge < -0.3 is 15.2 Å². The van der Waals surface area contributed by atoms with E-state index >= 15 is 0 Å². The van der Waals surface area contributed by atoms with E-state index in [9.17, 15) is 0 Å². The van der Waals surface area contributed by atoms with Crippen molar-refractivity contribution in [2.75, 3.05) is 19.6 Å². The minimum absolute atomic E-state index is 0.110. The van der Waals surface area contributed by atoms with Crippen LogP contribution in [0.5, 0.6) is 0 Å². The molecule has 3 unspecified atom stereocenters. The average Bonchev–Trinajstić information content (AvgIpc) is 3.04. The van der Waals surface area contributed by atoms with Crippen LogP contribution in [0.4, 0.5) is 0 Å². The Morgan fingerprint density at radius 1 is 1.10 bits per heavy atom. The summed E-state index contributed by atoms with van der Waals surface area (Å²) < 4.78 is 5.53. The second-order valence-corrected chi connectivity index (χ2v) is 7.10. The fraction of sp³-hybridized carbons (Fsp3) is 0.875. The van der Waals surface area contributed by atoms with Crippen molar-refractivity contribution in [3.8, 4) is 0 Å². The number of nitrogens with two attached hydrogens (primary N) is 1. The van der Waals surface area contributed by atoms with Crippen molar-refractivity contribution in [2.24, 2.45) is 17.6 Å². The molecule has 116 valence electrons. The standard InChI is InChI=1S/C16H26N4O/c17-13(10-20-8-4-1-5-9-20)15-18-16(21-19-15)14-11-6-2-3-7-12(11)14/h11-14H,1-10,17H2.